The number of rotatable bonds is 4. The van der Waals surface area contributed by atoms with Crippen molar-refractivity contribution in [3.8, 4) is 0 Å². The predicted octanol–water partition coefficient (Wildman–Crippen LogP) is 0.943. The summed E-state index contributed by atoms with van der Waals surface area (Å²) in [5.41, 5.74) is 5.54. The van der Waals surface area contributed by atoms with Gasteiger partial charge in [0.15, 0.2) is 0 Å². The Morgan fingerprint density at radius 1 is 1.44 bits per heavy atom. The molecule has 0 saturated carbocycles. The first kappa shape index (κ1) is 17.5. The number of nitrogens with two attached hydrogens (primary N) is 1. The molecule has 0 spiro atoms. The molecule has 18 heavy (non-hydrogen) atoms. The van der Waals surface area contributed by atoms with Crippen LogP contribution in [0.1, 0.15) is 20.3 Å². The number of nitrogens with zero attached hydrogens (tertiary/aromatic N) is 2. The average molecular weight is 286 g/mol. The fourth-order valence-electron chi connectivity index (χ4n) is 2.19. The Morgan fingerprint density at radius 2 is 2.06 bits per heavy atom. The molecule has 2 N–H and O–H groups in total. The van der Waals surface area contributed by atoms with E-state index in [0.717, 1.165) is 6.42 Å². The maximum absolute atomic E-state index is 12.4. The maximum atomic E-state index is 12.4. The molecule has 2 atom stereocenters. The van der Waals surface area contributed by atoms with Crippen molar-refractivity contribution in [2.24, 2.45) is 5.73 Å². The number of carbonyl (C=O) groups is 1. The van der Waals surface area contributed by atoms with Crippen LogP contribution in [-0.4, -0.2) is 60.4 Å². The lowest BCUT2D eigenvalue weighted by atomic mass is 10.1. The van der Waals surface area contributed by atoms with Gasteiger partial charge in [-0.2, -0.15) is 0 Å². The fourth-order valence-corrected chi connectivity index (χ4v) is 2.19. The van der Waals surface area contributed by atoms with Gasteiger partial charge >= 0.3 is 0 Å². The van der Waals surface area contributed by atoms with Gasteiger partial charge in [0.05, 0.1) is 12.6 Å². The van der Waals surface area contributed by atoms with Gasteiger partial charge in [-0.05, 0) is 13.3 Å². The minimum Gasteiger partial charge on any atom is -0.339 e. The zero-order valence-electron chi connectivity index (χ0n) is 10.8. The number of alkyl halides is 2. The second-order valence-corrected chi connectivity index (χ2v) is 4.52. The van der Waals surface area contributed by atoms with E-state index >= 15 is 0 Å². The van der Waals surface area contributed by atoms with E-state index in [1.54, 1.807) is 16.7 Å². The Balaban J connectivity index is 0.00000289. The van der Waals surface area contributed by atoms with Crippen LogP contribution < -0.4 is 5.73 Å². The second-order valence-electron chi connectivity index (χ2n) is 4.52. The third kappa shape index (κ3) is 4.66. The number of hydrogen-bond acceptors (Lipinski definition) is 3. The molecule has 0 radical (unpaired) electrons. The van der Waals surface area contributed by atoms with Crippen LogP contribution in [-0.2, 0) is 4.79 Å². The highest BCUT2D eigenvalue weighted by molar-refractivity contribution is 5.85. The van der Waals surface area contributed by atoms with Crippen molar-refractivity contribution in [3.05, 3.63) is 0 Å². The molecule has 7 heteroatoms. The molecule has 1 saturated heterocycles. The van der Waals surface area contributed by atoms with E-state index in [9.17, 15) is 13.6 Å². The Morgan fingerprint density at radius 3 is 2.50 bits per heavy atom. The Hall–Kier alpha value is -0.460. The minimum atomic E-state index is -2.32. The SMILES string of the molecule is CCC1CN(C(=O)C(C)N)CCN1CC(F)F.Cl. The Kier molecular flexibility index (Phi) is 7.66. The Labute approximate surface area is 113 Å². The standard InChI is InChI=1S/C11H21F2N3O.ClH/c1-3-9-6-16(11(17)8(2)14)5-4-15(9)7-10(12)13;/h8-10H,3-7,14H2,1-2H3;1H. The third-order valence-corrected chi connectivity index (χ3v) is 3.15. The summed E-state index contributed by atoms with van der Waals surface area (Å²) in [4.78, 5) is 15.2. The summed E-state index contributed by atoms with van der Waals surface area (Å²) in [5, 5.41) is 0. The van der Waals surface area contributed by atoms with Gasteiger partial charge < -0.3 is 10.6 Å². The van der Waals surface area contributed by atoms with Gasteiger partial charge in [-0.15, -0.1) is 12.4 Å². The number of piperazine rings is 1. The van der Waals surface area contributed by atoms with Gasteiger partial charge in [-0.25, -0.2) is 8.78 Å². The number of carbonyl (C=O) groups excluding carboxylic acids is 1. The highest BCUT2D eigenvalue weighted by atomic mass is 35.5. The molecule has 0 aliphatic carbocycles. The van der Waals surface area contributed by atoms with Gasteiger partial charge in [0.25, 0.3) is 6.43 Å². The molecular weight excluding hydrogens is 264 g/mol. The van der Waals surface area contributed by atoms with Gasteiger partial charge in [0.1, 0.15) is 0 Å². The summed E-state index contributed by atoms with van der Waals surface area (Å²) >= 11 is 0. The molecule has 1 heterocycles. The van der Waals surface area contributed by atoms with E-state index in [1.165, 1.54) is 0 Å². The van der Waals surface area contributed by atoms with E-state index in [1.807, 2.05) is 6.92 Å². The highest BCUT2D eigenvalue weighted by Crippen LogP contribution is 2.15. The van der Waals surface area contributed by atoms with E-state index in [-0.39, 0.29) is 30.9 Å². The molecule has 1 aliphatic heterocycles. The quantitative estimate of drug-likeness (QED) is 0.836. The van der Waals surface area contributed by atoms with Crippen LogP contribution in [0.25, 0.3) is 0 Å². The summed E-state index contributed by atoms with van der Waals surface area (Å²) in [6.07, 6.45) is -1.56. The van der Waals surface area contributed by atoms with Crippen LogP contribution in [0, 0.1) is 0 Å². The molecule has 1 rings (SSSR count). The lowest BCUT2D eigenvalue weighted by molar-refractivity contribution is -0.135. The Bertz CT molecular complexity index is 267. The van der Waals surface area contributed by atoms with E-state index < -0.39 is 12.5 Å². The third-order valence-electron chi connectivity index (χ3n) is 3.15. The van der Waals surface area contributed by atoms with Gasteiger partial charge in [-0.3, -0.25) is 9.69 Å². The van der Waals surface area contributed by atoms with E-state index in [2.05, 4.69) is 0 Å². The maximum Gasteiger partial charge on any atom is 0.251 e. The topological polar surface area (TPSA) is 49.6 Å². The average Bonchev–Trinajstić information content (AvgIpc) is 2.27. The number of hydrogen-bond donors (Lipinski definition) is 1. The normalized spacial score (nSPS) is 22.8. The van der Waals surface area contributed by atoms with Gasteiger partial charge in [0, 0.05) is 25.7 Å². The monoisotopic (exact) mass is 285 g/mol. The van der Waals surface area contributed by atoms with Crippen LogP contribution in [0.5, 0.6) is 0 Å². The second kappa shape index (κ2) is 7.86. The summed E-state index contributed by atoms with van der Waals surface area (Å²) in [5.74, 6) is -0.0971. The molecule has 0 aromatic rings. The fraction of sp³-hybridized carbons (Fsp3) is 0.909. The summed E-state index contributed by atoms with van der Waals surface area (Å²) in [6, 6.07) is -0.505. The van der Waals surface area contributed by atoms with E-state index in [0.29, 0.717) is 19.6 Å². The molecule has 0 aromatic carbocycles. The van der Waals surface area contributed by atoms with Crippen LogP contribution in [0.4, 0.5) is 8.78 Å². The lowest BCUT2D eigenvalue weighted by Gasteiger charge is -2.41. The van der Waals surface area contributed by atoms with Crippen LogP contribution >= 0.6 is 12.4 Å². The first-order valence-electron chi connectivity index (χ1n) is 6.02. The van der Waals surface area contributed by atoms with Gasteiger partial charge in [0.2, 0.25) is 5.91 Å². The van der Waals surface area contributed by atoms with Crippen molar-refractivity contribution in [1.29, 1.82) is 0 Å². The highest BCUT2D eigenvalue weighted by Gasteiger charge is 2.30. The summed E-state index contributed by atoms with van der Waals surface area (Å²) in [6.45, 7) is 4.88. The molecule has 1 aliphatic rings. The van der Waals surface area contributed by atoms with Crippen LogP contribution in [0.15, 0.2) is 0 Å². The first-order valence-corrected chi connectivity index (χ1v) is 6.02. The lowest BCUT2D eigenvalue weighted by Crippen LogP contribution is -2.57. The van der Waals surface area contributed by atoms with Crippen LogP contribution in [0.2, 0.25) is 0 Å². The molecule has 1 fully saturated rings. The molecule has 2 unspecified atom stereocenters. The number of halogens is 3. The predicted molar refractivity (Wildman–Crippen MR) is 69.1 cm³/mol. The summed E-state index contributed by atoms with van der Waals surface area (Å²) in [7, 11) is 0. The van der Waals surface area contributed by atoms with Crippen molar-refractivity contribution in [2.75, 3.05) is 26.2 Å². The van der Waals surface area contributed by atoms with Gasteiger partial charge in [-0.1, -0.05) is 6.92 Å². The molecule has 0 aromatic heterocycles. The zero-order chi connectivity index (χ0) is 13.0. The smallest absolute Gasteiger partial charge is 0.251 e. The molecular formula is C11H22ClF2N3O. The van der Waals surface area contributed by atoms with E-state index in [4.69, 9.17) is 5.73 Å². The van der Waals surface area contributed by atoms with Crippen molar-refractivity contribution in [1.82, 2.24) is 9.80 Å². The van der Waals surface area contributed by atoms with Crippen molar-refractivity contribution < 1.29 is 13.6 Å². The molecule has 108 valence electrons. The number of amides is 1. The molecule has 0 bridgehead atoms. The van der Waals surface area contributed by atoms with Crippen molar-refractivity contribution in [3.63, 3.8) is 0 Å². The molecule has 1 amide bonds. The van der Waals surface area contributed by atoms with Crippen LogP contribution in [0.3, 0.4) is 0 Å². The zero-order valence-corrected chi connectivity index (χ0v) is 11.6. The largest absolute Gasteiger partial charge is 0.339 e. The van der Waals surface area contributed by atoms with Crippen molar-refractivity contribution >= 4 is 18.3 Å². The molecule has 4 nitrogen and oxygen atoms in total. The summed E-state index contributed by atoms with van der Waals surface area (Å²) < 4.78 is 24.7. The van der Waals surface area contributed by atoms with Crippen molar-refractivity contribution in [2.45, 2.75) is 38.8 Å². The first-order chi connectivity index (χ1) is 7.95. The minimum absolute atomic E-state index is 0.